The van der Waals surface area contributed by atoms with E-state index in [0.29, 0.717) is 55.8 Å². The van der Waals surface area contributed by atoms with Crippen LogP contribution in [0.4, 0.5) is 4.79 Å². The van der Waals surface area contributed by atoms with Crippen LogP contribution in [0, 0.1) is 6.92 Å². The molecule has 4 fully saturated rings. The highest BCUT2D eigenvalue weighted by molar-refractivity contribution is 5.99. The minimum atomic E-state index is -0.553. The molecule has 13 nitrogen and oxygen atoms in total. The van der Waals surface area contributed by atoms with Crippen molar-refractivity contribution in [2.45, 2.75) is 76.5 Å². The van der Waals surface area contributed by atoms with E-state index in [2.05, 4.69) is 15.6 Å². The molecule has 1 unspecified atom stereocenters. The summed E-state index contributed by atoms with van der Waals surface area (Å²) in [6, 6.07) is 6.71. The molecule has 5 amide bonds. The van der Waals surface area contributed by atoms with Crippen molar-refractivity contribution < 1.29 is 33.4 Å². The Hall–Kier alpha value is -4.42. The second kappa shape index (κ2) is 13.9. The van der Waals surface area contributed by atoms with E-state index in [1.54, 1.807) is 14.7 Å². The Balaban J connectivity index is 1.05. The van der Waals surface area contributed by atoms with Crippen LogP contribution < -0.4 is 15.4 Å². The van der Waals surface area contributed by atoms with Gasteiger partial charge in [-0.3, -0.25) is 19.2 Å². The van der Waals surface area contributed by atoms with Crippen molar-refractivity contribution in [3.8, 4) is 5.75 Å². The van der Waals surface area contributed by atoms with Crippen molar-refractivity contribution in [2.24, 2.45) is 0 Å². The molecule has 2 aliphatic heterocycles. The van der Waals surface area contributed by atoms with Crippen LogP contribution in [-0.2, 0) is 19.1 Å². The summed E-state index contributed by atoms with van der Waals surface area (Å²) in [6.45, 7) is 3.34. The zero-order valence-corrected chi connectivity index (χ0v) is 26.3. The number of hydrogen-bond acceptors (Lipinski definition) is 8. The highest BCUT2D eigenvalue weighted by Crippen LogP contribution is 2.28. The maximum absolute atomic E-state index is 13.2. The van der Waals surface area contributed by atoms with Gasteiger partial charge in [-0.05, 0) is 76.0 Å². The first-order valence-corrected chi connectivity index (χ1v) is 16.4. The lowest BCUT2D eigenvalue weighted by atomic mass is 9.93. The molecule has 2 N–H and O–H groups in total. The van der Waals surface area contributed by atoms with E-state index in [1.165, 1.54) is 6.07 Å². The van der Waals surface area contributed by atoms with Gasteiger partial charge in [-0.15, -0.1) is 0 Å². The number of fused-ring (bicyclic) bond motifs is 1. The molecule has 4 aliphatic rings. The van der Waals surface area contributed by atoms with Crippen molar-refractivity contribution in [2.75, 3.05) is 45.9 Å². The lowest BCUT2D eigenvalue weighted by molar-refractivity contribution is -0.140. The Labute approximate surface area is 267 Å². The van der Waals surface area contributed by atoms with Crippen molar-refractivity contribution in [1.29, 1.82) is 0 Å². The first-order valence-electron chi connectivity index (χ1n) is 16.4. The highest BCUT2D eigenvalue weighted by Gasteiger charge is 2.36. The fraction of sp³-hybridized carbons (Fsp3) is 0.576. The van der Waals surface area contributed by atoms with E-state index in [-0.39, 0.29) is 54.8 Å². The van der Waals surface area contributed by atoms with Crippen LogP contribution in [0.3, 0.4) is 0 Å². The minimum absolute atomic E-state index is 0.00774. The summed E-state index contributed by atoms with van der Waals surface area (Å²) in [5, 5.41) is 6.35. The van der Waals surface area contributed by atoms with Crippen LogP contribution in [0.2, 0.25) is 0 Å². The maximum Gasteiger partial charge on any atom is 0.410 e. The predicted molar refractivity (Wildman–Crippen MR) is 167 cm³/mol. The first-order chi connectivity index (χ1) is 22.2. The van der Waals surface area contributed by atoms with E-state index in [0.717, 1.165) is 50.5 Å². The Morgan fingerprint density at radius 2 is 1.61 bits per heavy atom. The third kappa shape index (κ3) is 7.18. The summed E-state index contributed by atoms with van der Waals surface area (Å²) >= 11 is 0. The van der Waals surface area contributed by atoms with Gasteiger partial charge in [0.2, 0.25) is 11.8 Å². The zero-order chi connectivity index (χ0) is 32.2. The number of aryl methyl sites for hydroxylation is 1. The lowest BCUT2D eigenvalue weighted by Gasteiger charge is -2.36. The van der Waals surface area contributed by atoms with Crippen molar-refractivity contribution in [3.05, 3.63) is 35.5 Å². The Kier molecular flexibility index (Phi) is 9.55. The smallest absolute Gasteiger partial charge is 0.410 e. The standard InChI is InChI=1S/C33H42N6O7/c1-21-10-11-24-25(17-21)36-26(18-28(24)45-20-30(41)39-12-4-9-27(39)32(43)35-22-5-2-6-22)31(42)34-19-29(40)37-13-15-38(16-14-37)33(44)46-23-7-3-8-23/h10-11,17-18,22-23,27H,2-9,12-16,19-20H2,1H3,(H,34,42)(H,35,43). The van der Waals surface area contributed by atoms with Gasteiger partial charge >= 0.3 is 6.09 Å². The molecule has 6 rings (SSSR count). The number of nitrogens with zero attached hydrogens (tertiary/aromatic N) is 4. The zero-order valence-electron chi connectivity index (χ0n) is 26.3. The molecule has 2 aliphatic carbocycles. The number of pyridine rings is 1. The predicted octanol–water partition coefficient (Wildman–Crippen LogP) is 2.14. The molecule has 3 heterocycles. The average molecular weight is 635 g/mol. The summed E-state index contributed by atoms with van der Waals surface area (Å²) in [6.07, 6.45) is 6.98. The number of ether oxygens (including phenoxy) is 2. The van der Waals surface area contributed by atoms with Gasteiger partial charge in [0.25, 0.3) is 11.8 Å². The largest absolute Gasteiger partial charge is 0.483 e. The minimum Gasteiger partial charge on any atom is -0.483 e. The third-order valence-corrected chi connectivity index (χ3v) is 9.45. The number of nitrogens with one attached hydrogen (secondary N) is 2. The molecule has 0 radical (unpaired) electrons. The van der Waals surface area contributed by atoms with E-state index in [9.17, 15) is 24.0 Å². The van der Waals surface area contributed by atoms with Crippen LogP contribution in [0.1, 0.15) is 67.4 Å². The van der Waals surface area contributed by atoms with Gasteiger partial charge < -0.3 is 34.8 Å². The molecule has 0 spiro atoms. The molecule has 2 aromatic rings. The third-order valence-electron chi connectivity index (χ3n) is 9.45. The normalized spacial score (nSPS) is 20.1. The number of aromatic nitrogens is 1. The van der Waals surface area contributed by atoms with Gasteiger partial charge in [-0.1, -0.05) is 6.07 Å². The molecule has 2 saturated carbocycles. The summed E-state index contributed by atoms with van der Waals surface area (Å²) in [5.74, 6) is -0.906. The number of likely N-dealkylation sites (tertiary alicyclic amines) is 1. The van der Waals surface area contributed by atoms with Crippen molar-refractivity contribution >= 4 is 40.6 Å². The monoisotopic (exact) mass is 634 g/mol. The van der Waals surface area contributed by atoms with E-state index >= 15 is 0 Å². The second-order valence-corrected chi connectivity index (χ2v) is 12.7. The van der Waals surface area contributed by atoms with E-state index in [4.69, 9.17) is 9.47 Å². The van der Waals surface area contributed by atoms with Gasteiger partial charge in [0, 0.05) is 50.2 Å². The fourth-order valence-corrected chi connectivity index (χ4v) is 6.15. The van der Waals surface area contributed by atoms with Crippen LogP contribution in [-0.4, -0.2) is 113 Å². The van der Waals surface area contributed by atoms with Crippen LogP contribution in [0.5, 0.6) is 5.75 Å². The molecule has 246 valence electrons. The topological polar surface area (TPSA) is 150 Å². The molecular weight excluding hydrogens is 592 g/mol. The quantitative estimate of drug-likeness (QED) is 0.426. The average Bonchev–Trinajstić information content (AvgIpc) is 3.52. The molecule has 2 saturated heterocycles. The number of amides is 5. The molecule has 13 heteroatoms. The number of piperazine rings is 1. The van der Waals surface area contributed by atoms with Crippen LogP contribution in [0.25, 0.3) is 10.9 Å². The fourth-order valence-electron chi connectivity index (χ4n) is 6.15. The molecular formula is C33H42N6O7. The number of benzene rings is 1. The maximum atomic E-state index is 13.2. The highest BCUT2D eigenvalue weighted by atomic mass is 16.6. The number of carbonyl (C=O) groups is 5. The van der Waals surface area contributed by atoms with Crippen LogP contribution >= 0.6 is 0 Å². The van der Waals surface area contributed by atoms with Gasteiger partial charge in [0.1, 0.15) is 23.6 Å². The van der Waals surface area contributed by atoms with Gasteiger partial charge in [0.05, 0.1) is 12.1 Å². The Morgan fingerprint density at radius 3 is 2.30 bits per heavy atom. The Morgan fingerprint density at radius 1 is 0.870 bits per heavy atom. The number of rotatable bonds is 9. The summed E-state index contributed by atoms with van der Waals surface area (Å²) in [7, 11) is 0. The van der Waals surface area contributed by atoms with E-state index < -0.39 is 11.9 Å². The molecule has 1 aromatic carbocycles. The number of hydrogen-bond donors (Lipinski definition) is 2. The SMILES string of the molecule is Cc1ccc2c(OCC(=O)N3CCCC3C(=O)NC3CCC3)cc(C(=O)NCC(=O)N3CCN(C(=O)OC4CCC4)CC3)nc2c1. The summed E-state index contributed by atoms with van der Waals surface area (Å²) in [4.78, 5) is 73.7. The van der Waals surface area contributed by atoms with E-state index in [1.807, 2.05) is 25.1 Å². The van der Waals surface area contributed by atoms with Gasteiger partial charge in [-0.25, -0.2) is 9.78 Å². The van der Waals surface area contributed by atoms with Gasteiger partial charge in [-0.2, -0.15) is 0 Å². The molecule has 0 bridgehead atoms. The summed E-state index contributed by atoms with van der Waals surface area (Å²) in [5.41, 5.74) is 1.50. The molecule has 1 aromatic heterocycles. The number of carbonyl (C=O) groups excluding carboxylic acids is 5. The molecule has 46 heavy (non-hydrogen) atoms. The molecule has 1 atom stereocenters. The lowest BCUT2D eigenvalue weighted by Crippen LogP contribution is -2.53. The Bertz CT molecular complexity index is 1500. The first kappa shape index (κ1) is 31.6. The van der Waals surface area contributed by atoms with Crippen molar-refractivity contribution in [1.82, 2.24) is 30.3 Å². The summed E-state index contributed by atoms with van der Waals surface area (Å²) < 4.78 is 11.4. The second-order valence-electron chi connectivity index (χ2n) is 12.7. The van der Waals surface area contributed by atoms with Crippen molar-refractivity contribution in [3.63, 3.8) is 0 Å². The van der Waals surface area contributed by atoms with Crippen LogP contribution in [0.15, 0.2) is 24.3 Å². The van der Waals surface area contributed by atoms with Gasteiger partial charge in [0.15, 0.2) is 6.61 Å².